The van der Waals surface area contributed by atoms with Crippen LogP contribution in [-0.4, -0.2) is 60.7 Å². The minimum atomic E-state index is 0.0523. The monoisotopic (exact) mass is 265 g/mol. The number of ether oxygens (including phenoxy) is 1. The molecule has 1 fully saturated rings. The minimum absolute atomic E-state index is 0.0523. The van der Waals surface area contributed by atoms with Crippen molar-refractivity contribution in [1.29, 1.82) is 0 Å². The molecule has 0 saturated carbocycles. The first-order valence-corrected chi connectivity index (χ1v) is 6.27. The number of nitrogens with one attached hydrogen (secondary N) is 2. The summed E-state index contributed by atoms with van der Waals surface area (Å²) in [5.41, 5.74) is 0. The van der Waals surface area contributed by atoms with E-state index in [1.54, 1.807) is 31.3 Å². The van der Waals surface area contributed by atoms with Crippen LogP contribution in [0.5, 0.6) is 0 Å². The van der Waals surface area contributed by atoms with Gasteiger partial charge in [-0.1, -0.05) is 0 Å². The number of rotatable bonds is 6. The van der Waals surface area contributed by atoms with Crippen LogP contribution in [0.4, 0.5) is 11.8 Å². The summed E-state index contributed by atoms with van der Waals surface area (Å²) in [5.74, 6) is 1.43. The van der Waals surface area contributed by atoms with Gasteiger partial charge in [0.05, 0.1) is 12.6 Å². The molecule has 1 amide bonds. The van der Waals surface area contributed by atoms with Crippen molar-refractivity contribution in [2.45, 2.75) is 12.5 Å². The van der Waals surface area contributed by atoms with Crippen molar-refractivity contribution >= 4 is 17.7 Å². The van der Waals surface area contributed by atoms with Crippen molar-refractivity contribution in [2.75, 3.05) is 44.5 Å². The highest BCUT2D eigenvalue weighted by molar-refractivity contribution is 5.79. The second-order valence-corrected chi connectivity index (χ2v) is 4.39. The highest BCUT2D eigenvalue weighted by Gasteiger charge is 2.29. The molecule has 1 aromatic rings. The topological polar surface area (TPSA) is 79.4 Å². The second-order valence-electron chi connectivity index (χ2n) is 4.39. The van der Waals surface area contributed by atoms with Crippen LogP contribution in [0.15, 0.2) is 12.3 Å². The Morgan fingerprint density at radius 3 is 3.16 bits per heavy atom. The van der Waals surface area contributed by atoms with Gasteiger partial charge in [0.1, 0.15) is 5.82 Å². The summed E-state index contributed by atoms with van der Waals surface area (Å²) < 4.78 is 4.99. The fourth-order valence-corrected chi connectivity index (χ4v) is 2.04. The molecule has 0 spiro atoms. The Balaban J connectivity index is 1.91. The summed E-state index contributed by atoms with van der Waals surface area (Å²) in [6.45, 7) is 1.85. The Hall–Kier alpha value is -1.89. The first-order chi connectivity index (χ1) is 9.22. The Labute approximate surface area is 112 Å². The number of likely N-dealkylation sites (tertiary alicyclic amines) is 1. The molecule has 1 aliphatic heterocycles. The van der Waals surface area contributed by atoms with E-state index >= 15 is 0 Å². The van der Waals surface area contributed by atoms with Gasteiger partial charge in [0.2, 0.25) is 11.9 Å². The van der Waals surface area contributed by atoms with E-state index in [-0.39, 0.29) is 11.9 Å². The highest BCUT2D eigenvalue weighted by Crippen LogP contribution is 2.15. The SMILES string of the molecule is CNc1ccnc(N[C@@H]2CC(=O)N(CCOC)C2)n1. The maximum Gasteiger partial charge on any atom is 0.224 e. The average Bonchev–Trinajstić information content (AvgIpc) is 2.76. The van der Waals surface area contributed by atoms with E-state index in [1.165, 1.54) is 0 Å². The number of hydrogen-bond donors (Lipinski definition) is 2. The van der Waals surface area contributed by atoms with E-state index in [4.69, 9.17) is 4.74 Å². The highest BCUT2D eigenvalue weighted by atomic mass is 16.5. The molecular weight excluding hydrogens is 246 g/mol. The van der Waals surface area contributed by atoms with Gasteiger partial charge in [-0.3, -0.25) is 4.79 Å². The van der Waals surface area contributed by atoms with E-state index in [0.29, 0.717) is 32.1 Å². The van der Waals surface area contributed by atoms with Gasteiger partial charge in [0.15, 0.2) is 0 Å². The van der Waals surface area contributed by atoms with Crippen LogP contribution < -0.4 is 10.6 Å². The molecule has 0 bridgehead atoms. The van der Waals surface area contributed by atoms with Gasteiger partial charge in [0.25, 0.3) is 0 Å². The number of nitrogens with zero attached hydrogens (tertiary/aromatic N) is 3. The lowest BCUT2D eigenvalue weighted by Crippen LogP contribution is -2.31. The van der Waals surface area contributed by atoms with E-state index in [1.807, 2.05) is 0 Å². The van der Waals surface area contributed by atoms with Crippen LogP contribution >= 0.6 is 0 Å². The number of methoxy groups -OCH3 is 1. The molecule has 1 saturated heterocycles. The Morgan fingerprint density at radius 1 is 1.58 bits per heavy atom. The minimum Gasteiger partial charge on any atom is -0.383 e. The van der Waals surface area contributed by atoms with Crippen molar-refractivity contribution in [3.05, 3.63) is 12.3 Å². The first kappa shape index (κ1) is 13.5. The number of carbonyl (C=O) groups excluding carboxylic acids is 1. The molecule has 2 rings (SSSR count). The second kappa shape index (κ2) is 6.33. The molecule has 0 unspecified atom stereocenters. The molecule has 19 heavy (non-hydrogen) atoms. The van der Waals surface area contributed by atoms with Crippen molar-refractivity contribution in [2.24, 2.45) is 0 Å². The zero-order chi connectivity index (χ0) is 13.7. The molecule has 1 atom stereocenters. The molecule has 7 heteroatoms. The normalized spacial score (nSPS) is 18.7. The third-order valence-corrected chi connectivity index (χ3v) is 3.02. The molecular formula is C12H19N5O2. The summed E-state index contributed by atoms with van der Waals surface area (Å²) >= 11 is 0. The lowest BCUT2D eigenvalue weighted by Gasteiger charge is -2.16. The molecule has 2 heterocycles. The maximum atomic E-state index is 11.8. The summed E-state index contributed by atoms with van der Waals surface area (Å²) in [7, 11) is 3.44. The third kappa shape index (κ3) is 3.54. The van der Waals surface area contributed by atoms with E-state index in [2.05, 4.69) is 20.6 Å². The molecule has 104 valence electrons. The van der Waals surface area contributed by atoms with Crippen LogP contribution in [0.2, 0.25) is 0 Å². The average molecular weight is 265 g/mol. The molecule has 7 nitrogen and oxygen atoms in total. The van der Waals surface area contributed by atoms with Gasteiger partial charge >= 0.3 is 0 Å². The van der Waals surface area contributed by atoms with Gasteiger partial charge in [-0.25, -0.2) is 4.98 Å². The predicted octanol–water partition coefficient (Wildman–Crippen LogP) is 0.177. The molecule has 0 aliphatic carbocycles. The van der Waals surface area contributed by atoms with Crippen LogP contribution in [0.3, 0.4) is 0 Å². The van der Waals surface area contributed by atoms with Crippen molar-refractivity contribution < 1.29 is 9.53 Å². The number of carbonyl (C=O) groups is 1. The quantitative estimate of drug-likeness (QED) is 0.763. The van der Waals surface area contributed by atoms with Crippen molar-refractivity contribution in [1.82, 2.24) is 14.9 Å². The van der Waals surface area contributed by atoms with E-state index < -0.39 is 0 Å². The van der Waals surface area contributed by atoms with Crippen molar-refractivity contribution in [3.8, 4) is 0 Å². The molecule has 0 aromatic carbocycles. The zero-order valence-corrected chi connectivity index (χ0v) is 11.2. The number of hydrogen-bond acceptors (Lipinski definition) is 6. The van der Waals surface area contributed by atoms with E-state index in [9.17, 15) is 4.79 Å². The summed E-state index contributed by atoms with van der Waals surface area (Å²) in [6.07, 6.45) is 2.15. The number of anilines is 2. The zero-order valence-electron chi connectivity index (χ0n) is 11.2. The van der Waals surface area contributed by atoms with Crippen LogP contribution in [0.25, 0.3) is 0 Å². The first-order valence-electron chi connectivity index (χ1n) is 6.27. The fraction of sp³-hybridized carbons (Fsp3) is 0.583. The standard InChI is InChI=1S/C12H19N5O2/c1-13-10-3-4-14-12(16-10)15-9-7-11(18)17(8-9)5-6-19-2/h3-4,9H,5-8H2,1-2H3,(H2,13,14,15,16)/t9-/m1/s1. The lowest BCUT2D eigenvalue weighted by molar-refractivity contribution is -0.128. The third-order valence-electron chi connectivity index (χ3n) is 3.02. The Bertz CT molecular complexity index is 440. The predicted molar refractivity (Wildman–Crippen MR) is 72.1 cm³/mol. The summed E-state index contributed by atoms with van der Waals surface area (Å²) in [5, 5.41) is 6.14. The molecule has 2 N–H and O–H groups in total. The maximum absolute atomic E-state index is 11.8. The van der Waals surface area contributed by atoms with Crippen LogP contribution in [-0.2, 0) is 9.53 Å². The fourth-order valence-electron chi connectivity index (χ4n) is 2.04. The lowest BCUT2D eigenvalue weighted by atomic mass is 10.2. The molecule has 1 aliphatic rings. The molecule has 1 aromatic heterocycles. The molecule has 0 radical (unpaired) electrons. The number of aromatic nitrogens is 2. The van der Waals surface area contributed by atoms with Gasteiger partial charge in [0, 0.05) is 39.9 Å². The van der Waals surface area contributed by atoms with Gasteiger partial charge in [-0.15, -0.1) is 0 Å². The van der Waals surface area contributed by atoms with Gasteiger partial charge < -0.3 is 20.3 Å². The Kier molecular flexibility index (Phi) is 4.51. The summed E-state index contributed by atoms with van der Waals surface area (Å²) in [6, 6.07) is 1.84. The van der Waals surface area contributed by atoms with Crippen LogP contribution in [0.1, 0.15) is 6.42 Å². The Morgan fingerprint density at radius 2 is 2.42 bits per heavy atom. The van der Waals surface area contributed by atoms with Crippen LogP contribution in [0, 0.1) is 0 Å². The smallest absolute Gasteiger partial charge is 0.224 e. The van der Waals surface area contributed by atoms with E-state index in [0.717, 1.165) is 5.82 Å². The number of amides is 1. The van der Waals surface area contributed by atoms with Crippen molar-refractivity contribution in [3.63, 3.8) is 0 Å². The largest absolute Gasteiger partial charge is 0.383 e. The van der Waals surface area contributed by atoms with Gasteiger partial charge in [-0.05, 0) is 6.07 Å². The van der Waals surface area contributed by atoms with Gasteiger partial charge in [-0.2, -0.15) is 4.98 Å². The summed E-state index contributed by atoms with van der Waals surface area (Å²) in [4.78, 5) is 22.0.